The molecule has 0 spiro atoms. The molecule has 1 N–H and O–H groups in total. The summed E-state index contributed by atoms with van der Waals surface area (Å²) >= 11 is 0. The van der Waals surface area contributed by atoms with E-state index in [0.29, 0.717) is 0 Å². The summed E-state index contributed by atoms with van der Waals surface area (Å²) in [5, 5.41) is 23.0. The lowest BCUT2D eigenvalue weighted by Crippen LogP contribution is -2.30. The fraction of sp³-hybridized carbons (Fsp3) is 0.333. The van der Waals surface area contributed by atoms with Crippen molar-refractivity contribution < 1.29 is 32.7 Å². The van der Waals surface area contributed by atoms with Crippen LogP contribution < -0.4 is 10.1 Å². The van der Waals surface area contributed by atoms with Crippen molar-refractivity contribution in [2.24, 2.45) is 0 Å². The molecule has 0 bridgehead atoms. The molecule has 1 aromatic carbocycles. The van der Waals surface area contributed by atoms with Gasteiger partial charge in [0.25, 0.3) is 5.70 Å². The third-order valence-corrected chi connectivity index (χ3v) is 3.93. The summed E-state index contributed by atoms with van der Waals surface area (Å²) in [6.45, 7) is -0.455. The van der Waals surface area contributed by atoms with Crippen molar-refractivity contribution in [3.63, 3.8) is 0 Å². The van der Waals surface area contributed by atoms with Gasteiger partial charge < -0.3 is 19.5 Å². The van der Waals surface area contributed by atoms with E-state index < -0.39 is 29.3 Å². The number of rotatable bonds is 7. The Morgan fingerprint density at radius 1 is 1.34 bits per heavy atom. The van der Waals surface area contributed by atoms with Crippen LogP contribution in [-0.4, -0.2) is 24.3 Å². The van der Waals surface area contributed by atoms with Gasteiger partial charge in [0.15, 0.2) is 0 Å². The molecule has 2 rings (SSSR count). The van der Waals surface area contributed by atoms with Gasteiger partial charge in [-0.15, -0.1) is 0 Å². The number of allylic oxidation sites excluding steroid dienone is 2. The molecule has 0 aliphatic carbocycles. The first-order chi connectivity index (χ1) is 13.8. The predicted molar refractivity (Wildman–Crippen MR) is 94.0 cm³/mol. The molecular formula is C18H17F2N3O6. The Kier molecular flexibility index (Phi) is 7.08. The zero-order valence-electron chi connectivity index (χ0n) is 15.5. The predicted octanol–water partition coefficient (Wildman–Crippen LogP) is 3.78. The van der Waals surface area contributed by atoms with E-state index >= 15 is 0 Å². The largest absolute Gasteiger partial charge is 0.513 e. The van der Waals surface area contributed by atoms with E-state index in [1.165, 1.54) is 38.1 Å². The number of carbonyl (C=O) groups is 1. The van der Waals surface area contributed by atoms with Gasteiger partial charge in [-0.1, -0.05) is 18.2 Å². The molecule has 0 aromatic heterocycles. The van der Waals surface area contributed by atoms with Gasteiger partial charge in [0.2, 0.25) is 0 Å². The summed E-state index contributed by atoms with van der Waals surface area (Å²) in [4.78, 5) is 23.0. The average Bonchev–Trinajstić information content (AvgIpc) is 2.63. The van der Waals surface area contributed by atoms with E-state index in [2.05, 4.69) is 10.1 Å². The van der Waals surface area contributed by atoms with E-state index in [-0.39, 0.29) is 41.5 Å². The summed E-state index contributed by atoms with van der Waals surface area (Å²) in [7, 11) is 0. The van der Waals surface area contributed by atoms with Crippen LogP contribution in [0.3, 0.4) is 0 Å². The Morgan fingerprint density at radius 3 is 2.66 bits per heavy atom. The summed E-state index contributed by atoms with van der Waals surface area (Å²) in [6, 6.07) is 7.29. The third kappa shape index (κ3) is 5.19. The number of hydrogen-bond acceptors (Lipinski definition) is 8. The quantitative estimate of drug-likeness (QED) is 0.312. The Morgan fingerprint density at radius 2 is 2.03 bits per heavy atom. The first-order valence-electron chi connectivity index (χ1n) is 8.34. The molecule has 1 heterocycles. The van der Waals surface area contributed by atoms with Gasteiger partial charge in [-0.25, -0.2) is 4.79 Å². The Hall–Kier alpha value is -3.68. The number of nitriles is 1. The van der Waals surface area contributed by atoms with Gasteiger partial charge in [0.05, 0.1) is 28.8 Å². The molecule has 11 heteroatoms. The number of ether oxygens (including phenoxy) is 3. The number of nitrogens with one attached hydrogen (secondary N) is 1. The molecule has 0 saturated carbocycles. The van der Waals surface area contributed by atoms with Crippen LogP contribution in [0.1, 0.15) is 31.7 Å². The van der Waals surface area contributed by atoms with E-state index in [4.69, 9.17) is 14.7 Å². The highest BCUT2D eigenvalue weighted by Crippen LogP contribution is 2.42. The zero-order chi connectivity index (χ0) is 21.6. The molecule has 9 nitrogen and oxygen atoms in total. The SMILES string of the molecule is CC1=C(OC(=O)OCCC#N)C(c2ccccc2OC(F)F)C([N+](=O)[O-])=C(C)N1. The number of carbonyl (C=O) groups excluding carboxylic acids is 1. The number of alkyl halides is 2. The van der Waals surface area contributed by atoms with Gasteiger partial charge in [-0.05, 0) is 19.9 Å². The second-order valence-corrected chi connectivity index (χ2v) is 5.84. The summed E-state index contributed by atoms with van der Waals surface area (Å²) < 4.78 is 40.1. The molecule has 0 radical (unpaired) electrons. The van der Waals surface area contributed by atoms with Crippen molar-refractivity contribution in [1.82, 2.24) is 5.32 Å². The maximum absolute atomic E-state index is 12.8. The lowest BCUT2D eigenvalue weighted by Gasteiger charge is -2.27. The fourth-order valence-corrected chi connectivity index (χ4v) is 2.85. The van der Waals surface area contributed by atoms with Gasteiger partial charge in [0, 0.05) is 5.56 Å². The van der Waals surface area contributed by atoms with Crippen molar-refractivity contribution >= 4 is 6.16 Å². The first-order valence-corrected chi connectivity index (χ1v) is 8.34. The highest BCUT2D eigenvalue weighted by atomic mass is 19.3. The van der Waals surface area contributed by atoms with Crippen LogP contribution >= 0.6 is 0 Å². The van der Waals surface area contributed by atoms with Crippen LogP contribution in [0.15, 0.2) is 47.1 Å². The number of nitrogens with zero attached hydrogens (tertiary/aromatic N) is 2. The Bertz CT molecular complexity index is 907. The van der Waals surface area contributed by atoms with Gasteiger partial charge in [0.1, 0.15) is 24.0 Å². The van der Waals surface area contributed by atoms with Crippen LogP contribution in [0, 0.1) is 21.4 Å². The smallest absolute Gasteiger partial charge is 0.435 e. The lowest BCUT2D eigenvalue weighted by molar-refractivity contribution is -0.431. The molecule has 1 aromatic rings. The molecule has 154 valence electrons. The standard InChI is InChI=1S/C18H17F2N3O6/c1-10-15(23(25)26)14(12-6-3-4-7-13(12)28-17(19)20)16(11(2)22-10)29-18(24)27-9-5-8-21/h3-4,6-7,14,17,22H,5,9H2,1-2H3. The number of para-hydroxylation sites is 1. The Balaban J connectivity index is 2.52. The van der Waals surface area contributed by atoms with E-state index in [1.807, 2.05) is 0 Å². The molecule has 29 heavy (non-hydrogen) atoms. The maximum atomic E-state index is 12.8. The molecule has 0 amide bonds. The van der Waals surface area contributed by atoms with Gasteiger partial charge in [-0.3, -0.25) is 10.1 Å². The second-order valence-electron chi connectivity index (χ2n) is 5.84. The number of halogens is 2. The molecule has 1 aliphatic heterocycles. The fourth-order valence-electron chi connectivity index (χ4n) is 2.85. The highest BCUT2D eigenvalue weighted by Gasteiger charge is 2.41. The van der Waals surface area contributed by atoms with Crippen molar-refractivity contribution in [2.45, 2.75) is 32.8 Å². The summed E-state index contributed by atoms with van der Waals surface area (Å²) in [6.07, 6.45) is -1.25. The molecule has 1 aliphatic rings. The van der Waals surface area contributed by atoms with Gasteiger partial charge >= 0.3 is 12.8 Å². The number of benzene rings is 1. The molecular weight excluding hydrogens is 392 g/mol. The first kappa shape index (κ1) is 21.6. The maximum Gasteiger partial charge on any atom is 0.513 e. The van der Waals surface area contributed by atoms with Crippen molar-refractivity contribution in [1.29, 1.82) is 5.26 Å². The van der Waals surface area contributed by atoms with Crippen LogP contribution in [0.5, 0.6) is 5.75 Å². The topological polar surface area (TPSA) is 124 Å². The normalized spacial score (nSPS) is 16.2. The third-order valence-electron chi connectivity index (χ3n) is 3.93. The summed E-state index contributed by atoms with van der Waals surface area (Å²) in [5.74, 6) is -1.81. The lowest BCUT2D eigenvalue weighted by atomic mass is 9.89. The Labute approximate surface area is 164 Å². The average molecular weight is 409 g/mol. The highest BCUT2D eigenvalue weighted by molar-refractivity contribution is 5.63. The molecule has 0 fully saturated rings. The number of dihydropyridines is 1. The van der Waals surface area contributed by atoms with Crippen molar-refractivity contribution in [3.8, 4) is 11.8 Å². The van der Waals surface area contributed by atoms with Crippen LogP contribution in [0.4, 0.5) is 13.6 Å². The minimum Gasteiger partial charge on any atom is -0.435 e. The minimum absolute atomic E-state index is 0.0134. The van der Waals surface area contributed by atoms with E-state index in [1.54, 1.807) is 6.07 Å². The number of nitro groups is 1. The zero-order valence-corrected chi connectivity index (χ0v) is 15.5. The van der Waals surface area contributed by atoms with E-state index in [9.17, 15) is 23.7 Å². The van der Waals surface area contributed by atoms with Crippen molar-refractivity contribution in [3.05, 3.63) is 62.8 Å². The monoisotopic (exact) mass is 409 g/mol. The van der Waals surface area contributed by atoms with E-state index in [0.717, 1.165) is 0 Å². The van der Waals surface area contributed by atoms with Crippen molar-refractivity contribution in [2.75, 3.05) is 6.61 Å². The molecule has 0 saturated heterocycles. The van der Waals surface area contributed by atoms with Gasteiger partial charge in [-0.2, -0.15) is 14.0 Å². The number of hydrogen-bond donors (Lipinski definition) is 1. The minimum atomic E-state index is -3.16. The second kappa shape index (κ2) is 9.50. The molecule has 1 atom stereocenters. The van der Waals surface area contributed by atoms with Crippen LogP contribution in [0.25, 0.3) is 0 Å². The molecule has 1 unspecified atom stereocenters. The van der Waals surface area contributed by atoms with Crippen LogP contribution in [0.2, 0.25) is 0 Å². The van der Waals surface area contributed by atoms with Crippen LogP contribution in [-0.2, 0) is 9.47 Å². The summed E-state index contributed by atoms with van der Waals surface area (Å²) in [5.41, 5.74) is 0.0111.